The van der Waals surface area contributed by atoms with Crippen LogP contribution in [0.25, 0.3) is 0 Å². The molecular formula is C14H23NO2. The fourth-order valence-corrected chi connectivity index (χ4v) is 1.65. The quantitative estimate of drug-likeness (QED) is 0.725. The molecule has 0 spiro atoms. The monoisotopic (exact) mass is 237 g/mol. The van der Waals surface area contributed by atoms with E-state index in [-0.39, 0.29) is 6.61 Å². The van der Waals surface area contributed by atoms with Crippen molar-refractivity contribution in [2.75, 3.05) is 26.3 Å². The van der Waals surface area contributed by atoms with Crippen LogP contribution in [0.1, 0.15) is 19.4 Å². The van der Waals surface area contributed by atoms with Gasteiger partial charge in [-0.2, -0.15) is 0 Å². The van der Waals surface area contributed by atoms with Gasteiger partial charge in [-0.05, 0) is 24.6 Å². The molecule has 1 unspecified atom stereocenters. The van der Waals surface area contributed by atoms with Crippen LogP contribution in [-0.2, 0) is 6.42 Å². The van der Waals surface area contributed by atoms with E-state index in [0.29, 0.717) is 18.9 Å². The lowest BCUT2D eigenvalue weighted by Crippen LogP contribution is -2.24. The highest BCUT2D eigenvalue weighted by Crippen LogP contribution is 2.18. The number of nitrogens with one attached hydrogen (secondary N) is 1. The average Bonchev–Trinajstić information content (AvgIpc) is 2.35. The molecule has 0 amide bonds. The molecule has 1 atom stereocenters. The van der Waals surface area contributed by atoms with Crippen molar-refractivity contribution in [2.45, 2.75) is 20.3 Å². The van der Waals surface area contributed by atoms with Crippen LogP contribution in [0.5, 0.6) is 5.75 Å². The Kier molecular flexibility index (Phi) is 6.67. The topological polar surface area (TPSA) is 41.5 Å². The van der Waals surface area contributed by atoms with Crippen LogP contribution >= 0.6 is 0 Å². The second kappa shape index (κ2) is 8.09. The first kappa shape index (κ1) is 14.0. The minimum absolute atomic E-state index is 0.160. The molecule has 0 aliphatic rings. The maximum Gasteiger partial charge on any atom is 0.122 e. The third kappa shape index (κ3) is 5.20. The number of ether oxygens (including phenoxy) is 1. The molecule has 0 saturated heterocycles. The van der Waals surface area contributed by atoms with Gasteiger partial charge in [0.05, 0.1) is 6.61 Å². The van der Waals surface area contributed by atoms with Crippen molar-refractivity contribution in [2.24, 2.45) is 5.92 Å². The Bertz CT molecular complexity index is 315. The maximum absolute atomic E-state index is 8.97. The van der Waals surface area contributed by atoms with E-state index >= 15 is 0 Å². The minimum Gasteiger partial charge on any atom is -0.493 e. The van der Waals surface area contributed by atoms with E-state index in [9.17, 15) is 0 Å². The predicted molar refractivity (Wildman–Crippen MR) is 70.4 cm³/mol. The van der Waals surface area contributed by atoms with Crippen molar-refractivity contribution >= 4 is 0 Å². The molecule has 0 aliphatic carbocycles. The van der Waals surface area contributed by atoms with Crippen LogP contribution in [0.3, 0.4) is 0 Å². The molecule has 17 heavy (non-hydrogen) atoms. The zero-order valence-corrected chi connectivity index (χ0v) is 10.8. The molecule has 1 rings (SSSR count). The lowest BCUT2D eigenvalue weighted by molar-refractivity contribution is 0.250. The summed E-state index contributed by atoms with van der Waals surface area (Å²) in [5, 5.41) is 12.3. The molecule has 0 bridgehead atoms. The van der Waals surface area contributed by atoms with Gasteiger partial charge in [0, 0.05) is 19.1 Å². The summed E-state index contributed by atoms with van der Waals surface area (Å²) in [7, 11) is 0. The van der Waals surface area contributed by atoms with E-state index in [1.807, 2.05) is 24.3 Å². The SMILES string of the molecule is CCNCC(C)COc1ccccc1CCO. The van der Waals surface area contributed by atoms with Crippen molar-refractivity contribution < 1.29 is 9.84 Å². The summed E-state index contributed by atoms with van der Waals surface area (Å²) in [5.41, 5.74) is 1.07. The van der Waals surface area contributed by atoms with Gasteiger partial charge in [-0.1, -0.05) is 32.0 Å². The lowest BCUT2D eigenvalue weighted by Gasteiger charge is -2.15. The number of hydrogen-bond donors (Lipinski definition) is 2. The fraction of sp³-hybridized carbons (Fsp3) is 0.571. The second-order valence-corrected chi connectivity index (χ2v) is 4.31. The highest BCUT2D eigenvalue weighted by molar-refractivity contribution is 5.33. The summed E-state index contributed by atoms with van der Waals surface area (Å²) in [5.74, 6) is 1.38. The van der Waals surface area contributed by atoms with Crippen LogP contribution in [0, 0.1) is 5.92 Å². The largest absolute Gasteiger partial charge is 0.493 e. The van der Waals surface area contributed by atoms with E-state index in [2.05, 4.69) is 19.2 Å². The van der Waals surface area contributed by atoms with Crippen molar-refractivity contribution in [3.05, 3.63) is 29.8 Å². The van der Waals surface area contributed by atoms with E-state index in [1.54, 1.807) is 0 Å². The number of aliphatic hydroxyl groups excluding tert-OH is 1. The number of rotatable bonds is 8. The van der Waals surface area contributed by atoms with Crippen LogP contribution in [0.4, 0.5) is 0 Å². The zero-order valence-electron chi connectivity index (χ0n) is 10.8. The molecule has 1 aromatic carbocycles. The van der Waals surface area contributed by atoms with Crippen LogP contribution in [-0.4, -0.2) is 31.4 Å². The van der Waals surface area contributed by atoms with Crippen molar-refractivity contribution in [3.63, 3.8) is 0 Å². The lowest BCUT2D eigenvalue weighted by atomic mass is 10.1. The van der Waals surface area contributed by atoms with Gasteiger partial charge in [0.25, 0.3) is 0 Å². The van der Waals surface area contributed by atoms with Crippen LogP contribution < -0.4 is 10.1 Å². The first-order valence-corrected chi connectivity index (χ1v) is 6.30. The maximum atomic E-state index is 8.97. The number of hydrogen-bond acceptors (Lipinski definition) is 3. The van der Waals surface area contributed by atoms with E-state index in [4.69, 9.17) is 9.84 Å². The highest BCUT2D eigenvalue weighted by Gasteiger charge is 2.05. The second-order valence-electron chi connectivity index (χ2n) is 4.31. The molecule has 3 heteroatoms. The predicted octanol–water partition coefficient (Wildman–Crippen LogP) is 1.85. The van der Waals surface area contributed by atoms with Gasteiger partial charge in [0.2, 0.25) is 0 Å². The van der Waals surface area contributed by atoms with Gasteiger partial charge in [-0.25, -0.2) is 0 Å². The molecule has 96 valence electrons. The van der Waals surface area contributed by atoms with Crippen molar-refractivity contribution in [1.82, 2.24) is 5.32 Å². The molecule has 2 N–H and O–H groups in total. The summed E-state index contributed by atoms with van der Waals surface area (Å²) in [4.78, 5) is 0. The van der Waals surface area contributed by atoms with Gasteiger partial charge < -0.3 is 15.2 Å². The van der Waals surface area contributed by atoms with Crippen LogP contribution in [0.2, 0.25) is 0 Å². The third-order valence-corrected chi connectivity index (χ3v) is 2.62. The molecule has 0 aromatic heterocycles. The molecule has 0 fully saturated rings. The number of para-hydroxylation sites is 1. The first-order chi connectivity index (χ1) is 8.27. The van der Waals surface area contributed by atoms with E-state index in [0.717, 1.165) is 24.4 Å². The zero-order chi connectivity index (χ0) is 12.5. The molecule has 0 saturated carbocycles. The average molecular weight is 237 g/mol. The molecule has 0 radical (unpaired) electrons. The first-order valence-electron chi connectivity index (χ1n) is 6.30. The highest BCUT2D eigenvalue weighted by atomic mass is 16.5. The van der Waals surface area contributed by atoms with Crippen molar-refractivity contribution in [1.29, 1.82) is 0 Å². The van der Waals surface area contributed by atoms with E-state index in [1.165, 1.54) is 0 Å². The standard InChI is InChI=1S/C14H23NO2/c1-3-15-10-12(2)11-17-14-7-5-4-6-13(14)8-9-16/h4-7,12,15-16H,3,8-11H2,1-2H3. The Morgan fingerprint density at radius 1 is 1.35 bits per heavy atom. The molecule has 0 aliphatic heterocycles. The Morgan fingerprint density at radius 3 is 2.82 bits per heavy atom. The molecule has 1 aromatic rings. The number of benzene rings is 1. The summed E-state index contributed by atoms with van der Waals surface area (Å²) in [6.45, 7) is 7.09. The number of aliphatic hydroxyl groups is 1. The fourth-order valence-electron chi connectivity index (χ4n) is 1.65. The van der Waals surface area contributed by atoms with Gasteiger partial charge in [0.1, 0.15) is 5.75 Å². The third-order valence-electron chi connectivity index (χ3n) is 2.62. The normalized spacial score (nSPS) is 12.4. The van der Waals surface area contributed by atoms with Gasteiger partial charge in [-0.3, -0.25) is 0 Å². The van der Waals surface area contributed by atoms with Gasteiger partial charge in [0.15, 0.2) is 0 Å². The van der Waals surface area contributed by atoms with Crippen molar-refractivity contribution in [3.8, 4) is 5.75 Å². The summed E-state index contributed by atoms with van der Waals surface area (Å²) >= 11 is 0. The Hall–Kier alpha value is -1.06. The smallest absolute Gasteiger partial charge is 0.122 e. The summed E-state index contributed by atoms with van der Waals surface area (Å²) in [6, 6.07) is 7.90. The Morgan fingerprint density at radius 2 is 2.12 bits per heavy atom. The summed E-state index contributed by atoms with van der Waals surface area (Å²) < 4.78 is 5.80. The van der Waals surface area contributed by atoms with Crippen LogP contribution in [0.15, 0.2) is 24.3 Å². The summed E-state index contributed by atoms with van der Waals surface area (Å²) in [6.07, 6.45) is 0.651. The van der Waals surface area contributed by atoms with Gasteiger partial charge in [-0.15, -0.1) is 0 Å². The Balaban J connectivity index is 2.44. The van der Waals surface area contributed by atoms with Gasteiger partial charge >= 0.3 is 0 Å². The Labute approximate surface area is 104 Å². The molecule has 0 heterocycles. The minimum atomic E-state index is 0.160. The molecular weight excluding hydrogens is 214 g/mol. The molecule has 3 nitrogen and oxygen atoms in total. The van der Waals surface area contributed by atoms with E-state index < -0.39 is 0 Å².